The fourth-order valence-corrected chi connectivity index (χ4v) is 3.00. The maximum Gasteiger partial charge on any atom is 0.347 e. The molecule has 2 aromatic heterocycles. The van der Waals surface area contributed by atoms with E-state index >= 15 is 0 Å². The minimum absolute atomic E-state index is 0.0600. The van der Waals surface area contributed by atoms with Gasteiger partial charge in [-0.3, -0.25) is 4.79 Å². The van der Waals surface area contributed by atoms with E-state index in [-0.39, 0.29) is 17.2 Å². The van der Waals surface area contributed by atoms with Crippen molar-refractivity contribution < 1.29 is 14.7 Å². The molecule has 0 saturated heterocycles. The molecule has 0 unspecified atom stereocenters. The van der Waals surface area contributed by atoms with Gasteiger partial charge in [0.05, 0.1) is 12.1 Å². The summed E-state index contributed by atoms with van der Waals surface area (Å²) < 4.78 is 0. The van der Waals surface area contributed by atoms with Crippen molar-refractivity contribution in [2.24, 2.45) is 0 Å². The molecule has 0 atom stereocenters. The Hall–Kier alpha value is -1.80. The summed E-state index contributed by atoms with van der Waals surface area (Å²) >= 11 is 2.37. The van der Waals surface area contributed by atoms with Crippen LogP contribution in [-0.2, 0) is 17.6 Å². The topological polar surface area (TPSA) is 92.2 Å². The third kappa shape index (κ3) is 3.36. The number of aromatic carboxylic acids is 1. The smallest absolute Gasteiger partial charge is 0.347 e. The van der Waals surface area contributed by atoms with Gasteiger partial charge in [0.15, 0.2) is 5.13 Å². The van der Waals surface area contributed by atoms with Crippen LogP contribution in [0.4, 0.5) is 5.13 Å². The minimum Gasteiger partial charge on any atom is -0.477 e. The molecule has 0 aliphatic rings. The van der Waals surface area contributed by atoms with Crippen LogP contribution < -0.4 is 5.32 Å². The van der Waals surface area contributed by atoms with Crippen LogP contribution >= 0.6 is 22.7 Å². The van der Waals surface area contributed by atoms with E-state index in [0.29, 0.717) is 22.3 Å². The number of nitrogens with one attached hydrogen (secondary N) is 1. The number of hydrogen-bond acceptors (Lipinski definition) is 6. The number of carboxylic acids is 1. The number of aryl methyl sites for hydroxylation is 1. The molecule has 19 heavy (non-hydrogen) atoms. The highest BCUT2D eigenvalue weighted by atomic mass is 32.1. The molecule has 0 aliphatic carbocycles. The fourth-order valence-electron chi connectivity index (χ4n) is 1.47. The number of aromatic nitrogens is 2. The van der Waals surface area contributed by atoms with Crippen LogP contribution in [0.1, 0.15) is 27.3 Å². The summed E-state index contributed by atoms with van der Waals surface area (Å²) in [7, 11) is 0. The molecule has 0 bridgehead atoms. The number of anilines is 1. The Bertz CT molecular complexity index is 592. The highest BCUT2D eigenvalue weighted by Gasteiger charge is 2.17. The summed E-state index contributed by atoms with van der Waals surface area (Å²) in [6.45, 7) is 1.83. The van der Waals surface area contributed by atoms with E-state index in [1.165, 1.54) is 11.3 Å². The van der Waals surface area contributed by atoms with Gasteiger partial charge in [-0.25, -0.2) is 14.8 Å². The van der Waals surface area contributed by atoms with Crippen molar-refractivity contribution in [1.82, 2.24) is 9.97 Å². The maximum absolute atomic E-state index is 11.7. The Morgan fingerprint density at radius 2 is 2.26 bits per heavy atom. The molecule has 2 aromatic rings. The molecule has 2 rings (SSSR count). The quantitative estimate of drug-likeness (QED) is 0.881. The van der Waals surface area contributed by atoms with E-state index in [1.807, 2.05) is 6.92 Å². The number of nitrogens with zero attached hydrogens (tertiary/aromatic N) is 2. The molecule has 2 heterocycles. The van der Waals surface area contributed by atoms with Crippen molar-refractivity contribution in [3.05, 3.63) is 27.2 Å². The Morgan fingerprint density at radius 3 is 2.79 bits per heavy atom. The van der Waals surface area contributed by atoms with Gasteiger partial charge in [0.2, 0.25) is 5.91 Å². The molecule has 6 nitrogen and oxygen atoms in total. The first-order chi connectivity index (χ1) is 9.10. The summed E-state index contributed by atoms with van der Waals surface area (Å²) in [6.07, 6.45) is 2.19. The maximum atomic E-state index is 11.7. The average molecular weight is 297 g/mol. The summed E-state index contributed by atoms with van der Waals surface area (Å²) in [5.41, 5.74) is 0.523. The largest absolute Gasteiger partial charge is 0.477 e. The standard InChI is InChI=1S/C11H11N3O3S2/c1-2-6-9(10(16)17)19-8(13-6)5-7(15)14-11-12-3-4-18-11/h3-4H,2,5H2,1H3,(H,16,17)(H,12,14,15). The van der Waals surface area contributed by atoms with E-state index in [2.05, 4.69) is 15.3 Å². The van der Waals surface area contributed by atoms with E-state index in [4.69, 9.17) is 5.11 Å². The number of rotatable bonds is 5. The number of carboxylic acid groups (broad SMARTS) is 1. The van der Waals surface area contributed by atoms with Crippen LogP contribution in [0.15, 0.2) is 11.6 Å². The Kier molecular flexibility index (Phi) is 4.23. The van der Waals surface area contributed by atoms with Crippen LogP contribution in [0.2, 0.25) is 0 Å². The molecule has 0 fully saturated rings. The zero-order valence-electron chi connectivity index (χ0n) is 10.0. The van der Waals surface area contributed by atoms with Gasteiger partial charge in [0.1, 0.15) is 9.88 Å². The molecular formula is C11H11N3O3S2. The third-order valence-corrected chi connectivity index (χ3v) is 4.04. The Labute approximate surface area is 117 Å². The van der Waals surface area contributed by atoms with Gasteiger partial charge in [0.25, 0.3) is 0 Å². The van der Waals surface area contributed by atoms with Crippen LogP contribution in [0.5, 0.6) is 0 Å². The second kappa shape index (κ2) is 5.89. The van der Waals surface area contributed by atoms with Gasteiger partial charge in [-0.2, -0.15) is 0 Å². The van der Waals surface area contributed by atoms with Gasteiger partial charge < -0.3 is 10.4 Å². The molecule has 1 amide bonds. The van der Waals surface area contributed by atoms with Gasteiger partial charge in [-0.15, -0.1) is 22.7 Å². The lowest BCUT2D eigenvalue weighted by atomic mass is 10.3. The number of thiazole rings is 2. The first kappa shape index (κ1) is 13.6. The van der Waals surface area contributed by atoms with Crippen molar-refractivity contribution in [3.8, 4) is 0 Å². The van der Waals surface area contributed by atoms with Crippen LogP contribution in [0, 0.1) is 0 Å². The molecule has 0 aliphatic heterocycles. The van der Waals surface area contributed by atoms with Gasteiger partial charge in [-0.1, -0.05) is 6.92 Å². The van der Waals surface area contributed by atoms with Crippen LogP contribution in [0.25, 0.3) is 0 Å². The van der Waals surface area contributed by atoms with Crippen molar-refractivity contribution >= 4 is 39.7 Å². The summed E-state index contributed by atoms with van der Waals surface area (Å²) in [4.78, 5) is 31.1. The van der Waals surface area contributed by atoms with E-state index in [9.17, 15) is 9.59 Å². The number of hydrogen-bond donors (Lipinski definition) is 2. The van der Waals surface area contributed by atoms with Crippen LogP contribution in [0.3, 0.4) is 0 Å². The fraction of sp³-hybridized carbons (Fsp3) is 0.273. The predicted octanol–water partition coefficient (Wildman–Crippen LogP) is 2.04. The molecular weight excluding hydrogens is 286 g/mol. The van der Waals surface area contributed by atoms with Gasteiger partial charge in [0, 0.05) is 11.6 Å². The van der Waals surface area contributed by atoms with Crippen LogP contribution in [-0.4, -0.2) is 27.0 Å². The second-order valence-corrected chi connectivity index (χ2v) is 5.58. The first-order valence-corrected chi connectivity index (χ1v) is 7.21. The lowest BCUT2D eigenvalue weighted by Gasteiger charge is -1.98. The Balaban J connectivity index is 2.06. The van der Waals surface area contributed by atoms with Crippen molar-refractivity contribution in [2.75, 3.05) is 5.32 Å². The zero-order chi connectivity index (χ0) is 13.8. The number of carbonyl (C=O) groups excluding carboxylic acids is 1. The first-order valence-electron chi connectivity index (χ1n) is 5.51. The molecule has 8 heteroatoms. The molecule has 2 N–H and O–H groups in total. The molecule has 0 radical (unpaired) electrons. The monoisotopic (exact) mass is 297 g/mol. The van der Waals surface area contributed by atoms with E-state index < -0.39 is 5.97 Å². The van der Waals surface area contributed by atoms with Crippen molar-refractivity contribution in [3.63, 3.8) is 0 Å². The van der Waals surface area contributed by atoms with Crippen molar-refractivity contribution in [2.45, 2.75) is 19.8 Å². The molecule has 0 spiro atoms. The third-order valence-electron chi connectivity index (χ3n) is 2.26. The summed E-state index contributed by atoms with van der Waals surface area (Å²) in [5.74, 6) is -1.25. The van der Waals surface area contributed by atoms with E-state index in [1.54, 1.807) is 11.6 Å². The van der Waals surface area contributed by atoms with E-state index in [0.717, 1.165) is 11.3 Å². The average Bonchev–Trinajstić information content (AvgIpc) is 2.97. The normalized spacial score (nSPS) is 10.4. The number of carbonyl (C=O) groups is 2. The van der Waals surface area contributed by atoms with Gasteiger partial charge >= 0.3 is 5.97 Å². The predicted molar refractivity (Wildman–Crippen MR) is 72.9 cm³/mol. The highest BCUT2D eigenvalue weighted by Crippen LogP contribution is 2.20. The lowest BCUT2D eigenvalue weighted by molar-refractivity contribution is -0.115. The number of amides is 1. The van der Waals surface area contributed by atoms with Gasteiger partial charge in [-0.05, 0) is 6.42 Å². The molecule has 0 aromatic carbocycles. The minimum atomic E-state index is -0.999. The lowest BCUT2D eigenvalue weighted by Crippen LogP contribution is -2.14. The SMILES string of the molecule is CCc1nc(CC(=O)Nc2nccs2)sc1C(=O)O. The summed E-state index contributed by atoms with van der Waals surface area (Å²) in [6, 6.07) is 0. The zero-order valence-corrected chi connectivity index (χ0v) is 11.7. The summed E-state index contributed by atoms with van der Waals surface area (Å²) in [5, 5.41) is 14.4. The molecule has 100 valence electrons. The second-order valence-electron chi connectivity index (χ2n) is 3.60. The Morgan fingerprint density at radius 1 is 1.47 bits per heavy atom. The molecule has 0 saturated carbocycles. The van der Waals surface area contributed by atoms with Crippen molar-refractivity contribution in [1.29, 1.82) is 0 Å². The highest BCUT2D eigenvalue weighted by molar-refractivity contribution is 7.14.